The fourth-order valence-corrected chi connectivity index (χ4v) is 6.04. The number of carbonyl (C=O) groups is 1. The molecule has 2 heterocycles. The van der Waals surface area contributed by atoms with Crippen molar-refractivity contribution in [2.75, 3.05) is 21.3 Å². The first kappa shape index (κ1) is 19.8. The summed E-state index contributed by atoms with van der Waals surface area (Å²) < 4.78 is 64.2. The molecule has 0 unspecified atom stereocenters. The number of nitrogens with zero attached hydrogens (tertiary/aromatic N) is 2. The summed E-state index contributed by atoms with van der Waals surface area (Å²) in [6.45, 7) is 3.72. The smallest absolute Gasteiger partial charge is 0.288 e. The molecule has 0 radical (unpaired) electrons. The number of urea groups is 1. The maximum atomic E-state index is 13.3. The van der Waals surface area contributed by atoms with Gasteiger partial charge < -0.3 is 0 Å². The zero-order chi connectivity index (χ0) is 21.1. The molecular weight excluding hydrogens is 405 g/mol. The number of aryl methyl sites for hydroxylation is 1. The molecule has 29 heavy (non-hydrogen) atoms. The third-order valence-electron chi connectivity index (χ3n) is 5.66. The normalized spacial score (nSPS) is 23.6. The van der Waals surface area contributed by atoms with E-state index in [-0.39, 0.29) is 17.2 Å². The summed E-state index contributed by atoms with van der Waals surface area (Å²) in [5.41, 5.74) is 1.51. The Morgan fingerprint density at radius 2 is 1.59 bits per heavy atom. The van der Waals surface area contributed by atoms with Gasteiger partial charge in [-0.05, 0) is 49.2 Å². The molecule has 0 bridgehead atoms. The van der Waals surface area contributed by atoms with E-state index in [9.17, 15) is 26.4 Å². The molecule has 4 rings (SSSR count). The summed E-state index contributed by atoms with van der Waals surface area (Å²) >= 11 is 0. The van der Waals surface area contributed by atoms with E-state index in [4.69, 9.17) is 0 Å². The number of halogens is 3. The minimum absolute atomic E-state index is 0.0460. The lowest BCUT2D eigenvalue weighted by atomic mass is 10.1. The molecule has 0 saturated carbocycles. The van der Waals surface area contributed by atoms with Crippen LogP contribution in [-0.2, 0) is 16.0 Å². The van der Waals surface area contributed by atoms with E-state index in [2.05, 4.69) is 0 Å². The van der Waals surface area contributed by atoms with Crippen LogP contribution in [0.2, 0.25) is 0 Å². The van der Waals surface area contributed by atoms with Gasteiger partial charge in [-0.1, -0.05) is 18.2 Å². The monoisotopic (exact) mass is 424 g/mol. The SMILES string of the molecule is Cc1cccc(N2C(=O)N(c3cccc(C(F)(F)F)c3)[C@@H]3CS(=O)(=O)C[C@H]32)c1C. The van der Waals surface area contributed by atoms with Crippen molar-refractivity contribution >= 4 is 27.2 Å². The second-order valence-corrected chi connectivity index (χ2v) is 9.66. The number of benzene rings is 2. The summed E-state index contributed by atoms with van der Waals surface area (Å²) in [5, 5.41) is 0. The van der Waals surface area contributed by atoms with Crippen LogP contribution in [0.3, 0.4) is 0 Å². The van der Waals surface area contributed by atoms with Crippen molar-refractivity contribution in [2.45, 2.75) is 32.1 Å². The topological polar surface area (TPSA) is 57.7 Å². The zero-order valence-electron chi connectivity index (χ0n) is 15.8. The maximum absolute atomic E-state index is 13.3. The van der Waals surface area contributed by atoms with Crippen LogP contribution >= 0.6 is 0 Å². The van der Waals surface area contributed by atoms with Gasteiger partial charge in [-0.25, -0.2) is 13.2 Å². The molecule has 0 N–H and O–H groups in total. The van der Waals surface area contributed by atoms with Crippen molar-refractivity contribution in [1.82, 2.24) is 0 Å². The lowest BCUT2D eigenvalue weighted by Gasteiger charge is -2.25. The van der Waals surface area contributed by atoms with Gasteiger partial charge in [-0.3, -0.25) is 9.80 Å². The predicted octanol–water partition coefficient (Wildman–Crippen LogP) is 3.93. The average molecular weight is 424 g/mol. The minimum Gasteiger partial charge on any atom is -0.288 e. The van der Waals surface area contributed by atoms with Crippen LogP contribution in [0.25, 0.3) is 0 Å². The predicted molar refractivity (Wildman–Crippen MR) is 104 cm³/mol. The first-order valence-corrected chi connectivity index (χ1v) is 10.9. The van der Waals surface area contributed by atoms with Gasteiger partial charge in [0.25, 0.3) is 0 Å². The van der Waals surface area contributed by atoms with Crippen LogP contribution in [-0.4, -0.2) is 38.0 Å². The summed E-state index contributed by atoms with van der Waals surface area (Å²) in [5.74, 6) is -0.493. The van der Waals surface area contributed by atoms with Gasteiger partial charge in [0.05, 0.1) is 29.2 Å². The van der Waals surface area contributed by atoms with Crippen LogP contribution in [0.4, 0.5) is 29.3 Å². The number of hydrogen-bond acceptors (Lipinski definition) is 3. The molecule has 2 aliphatic heterocycles. The molecule has 2 amide bonds. The Balaban J connectivity index is 1.84. The van der Waals surface area contributed by atoms with Crippen molar-refractivity contribution < 1.29 is 26.4 Å². The second kappa shape index (κ2) is 6.48. The highest BCUT2D eigenvalue weighted by atomic mass is 32.2. The van der Waals surface area contributed by atoms with Gasteiger partial charge in [0.15, 0.2) is 9.84 Å². The lowest BCUT2D eigenvalue weighted by Crippen LogP contribution is -2.38. The molecule has 2 aromatic carbocycles. The van der Waals surface area contributed by atoms with Crippen LogP contribution < -0.4 is 9.80 Å². The molecule has 2 aromatic rings. The van der Waals surface area contributed by atoms with Crippen molar-refractivity contribution in [3.05, 3.63) is 59.2 Å². The van der Waals surface area contributed by atoms with E-state index in [1.807, 2.05) is 19.9 Å². The molecule has 2 fully saturated rings. The quantitative estimate of drug-likeness (QED) is 0.687. The molecule has 0 spiro atoms. The number of amides is 2. The molecule has 154 valence electrons. The van der Waals surface area contributed by atoms with Gasteiger partial charge in [-0.15, -0.1) is 0 Å². The Hall–Kier alpha value is -2.55. The average Bonchev–Trinajstić information content (AvgIpc) is 3.06. The van der Waals surface area contributed by atoms with E-state index in [1.165, 1.54) is 21.9 Å². The van der Waals surface area contributed by atoms with Gasteiger partial charge in [0.2, 0.25) is 0 Å². The van der Waals surface area contributed by atoms with Gasteiger partial charge >= 0.3 is 12.2 Å². The second-order valence-electron chi connectivity index (χ2n) is 7.50. The molecule has 2 saturated heterocycles. The Bertz CT molecular complexity index is 1100. The lowest BCUT2D eigenvalue weighted by molar-refractivity contribution is -0.137. The van der Waals surface area contributed by atoms with E-state index in [0.717, 1.165) is 23.3 Å². The molecule has 0 aromatic heterocycles. The highest BCUT2D eigenvalue weighted by molar-refractivity contribution is 7.91. The number of rotatable bonds is 2. The Morgan fingerprint density at radius 1 is 0.966 bits per heavy atom. The van der Waals surface area contributed by atoms with Crippen molar-refractivity contribution in [2.24, 2.45) is 0 Å². The highest BCUT2D eigenvalue weighted by Gasteiger charge is 2.54. The highest BCUT2D eigenvalue weighted by Crippen LogP contribution is 2.40. The third kappa shape index (κ3) is 3.27. The van der Waals surface area contributed by atoms with Gasteiger partial charge in [-0.2, -0.15) is 13.2 Å². The standard InChI is InChI=1S/C20H19F3N2O3S/c1-12-5-3-8-16(13(12)2)25-18-11-29(27,28)10-17(18)24(19(25)26)15-7-4-6-14(9-15)20(21,22)23/h3-9,17-18H,10-11H2,1-2H3/t17-,18-/m1/s1. The largest absolute Gasteiger partial charge is 0.416 e. The number of sulfone groups is 1. The molecule has 2 aliphatic rings. The van der Waals surface area contributed by atoms with Crippen molar-refractivity contribution in [3.8, 4) is 0 Å². The van der Waals surface area contributed by atoms with E-state index in [1.54, 1.807) is 12.1 Å². The number of carbonyl (C=O) groups excluding carboxylic acids is 1. The minimum atomic E-state index is -4.56. The molecule has 5 nitrogen and oxygen atoms in total. The number of anilines is 2. The number of alkyl halides is 3. The van der Waals surface area contributed by atoms with Crippen LogP contribution in [0.5, 0.6) is 0 Å². The van der Waals surface area contributed by atoms with Gasteiger partial charge in [0.1, 0.15) is 0 Å². The van der Waals surface area contributed by atoms with Crippen molar-refractivity contribution in [1.29, 1.82) is 0 Å². The number of hydrogen-bond donors (Lipinski definition) is 0. The van der Waals surface area contributed by atoms with Crippen LogP contribution in [0.15, 0.2) is 42.5 Å². The summed E-state index contributed by atoms with van der Waals surface area (Å²) in [4.78, 5) is 16.0. The third-order valence-corrected chi connectivity index (χ3v) is 7.36. The van der Waals surface area contributed by atoms with E-state index < -0.39 is 39.7 Å². The Labute approximate surface area is 166 Å². The zero-order valence-corrected chi connectivity index (χ0v) is 16.6. The molecule has 9 heteroatoms. The Morgan fingerprint density at radius 3 is 2.24 bits per heavy atom. The van der Waals surface area contributed by atoms with E-state index in [0.29, 0.717) is 5.69 Å². The molecule has 0 aliphatic carbocycles. The van der Waals surface area contributed by atoms with Crippen molar-refractivity contribution in [3.63, 3.8) is 0 Å². The van der Waals surface area contributed by atoms with E-state index >= 15 is 0 Å². The maximum Gasteiger partial charge on any atom is 0.416 e. The summed E-state index contributed by atoms with van der Waals surface area (Å²) in [6.07, 6.45) is -4.56. The van der Waals surface area contributed by atoms with Gasteiger partial charge in [0, 0.05) is 11.4 Å². The first-order valence-electron chi connectivity index (χ1n) is 9.06. The van der Waals surface area contributed by atoms with Crippen LogP contribution in [0, 0.1) is 13.8 Å². The molecular formula is C20H19F3N2O3S. The fourth-order valence-electron chi connectivity index (χ4n) is 4.12. The first-order chi connectivity index (χ1) is 13.5. The molecule has 2 atom stereocenters. The summed E-state index contributed by atoms with van der Waals surface area (Å²) in [6, 6.07) is 7.94. The summed E-state index contributed by atoms with van der Waals surface area (Å²) in [7, 11) is -3.43. The fraction of sp³-hybridized carbons (Fsp3) is 0.350. The van der Waals surface area contributed by atoms with Crippen LogP contribution in [0.1, 0.15) is 16.7 Å². The number of fused-ring (bicyclic) bond motifs is 1. The Kier molecular flexibility index (Phi) is 4.41.